The topological polar surface area (TPSA) is 41.5 Å². The fraction of sp³-hybridized carbons (Fsp3) is 1.00. The summed E-state index contributed by atoms with van der Waals surface area (Å²) in [6.07, 6.45) is 3.25. The van der Waals surface area contributed by atoms with Crippen molar-refractivity contribution in [2.24, 2.45) is 11.8 Å². The van der Waals surface area contributed by atoms with Crippen LogP contribution in [-0.2, 0) is 4.74 Å². The van der Waals surface area contributed by atoms with Gasteiger partial charge in [-0.1, -0.05) is 13.8 Å². The van der Waals surface area contributed by atoms with Gasteiger partial charge in [0.15, 0.2) is 0 Å². The summed E-state index contributed by atoms with van der Waals surface area (Å²) in [7, 11) is 0. The lowest BCUT2D eigenvalue weighted by Crippen LogP contribution is -2.38. The third kappa shape index (κ3) is 4.49. The third-order valence-corrected chi connectivity index (χ3v) is 3.32. The number of hydrogen-bond donors (Lipinski definition) is 2. The highest BCUT2D eigenvalue weighted by atomic mass is 16.5. The lowest BCUT2D eigenvalue weighted by Gasteiger charge is -2.24. The van der Waals surface area contributed by atoms with Crippen LogP contribution in [0.3, 0.4) is 0 Å². The van der Waals surface area contributed by atoms with Gasteiger partial charge >= 0.3 is 0 Å². The molecule has 1 saturated heterocycles. The fourth-order valence-corrected chi connectivity index (χ4v) is 2.19. The smallest absolute Gasteiger partial charge is 0.0509 e. The number of ether oxygens (including phenoxy) is 1. The first kappa shape index (κ1) is 12.9. The molecule has 0 saturated carbocycles. The van der Waals surface area contributed by atoms with Gasteiger partial charge in [-0.2, -0.15) is 0 Å². The number of hydrogen-bond acceptors (Lipinski definition) is 3. The van der Waals surface area contributed by atoms with Crippen LogP contribution in [0.4, 0.5) is 0 Å². The third-order valence-electron chi connectivity index (χ3n) is 3.32. The Morgan fingerprint density at radius 1 is 1.53 bits per heavy atom. The monoisotopic (exact) mass is 215 g/mol. The van der Waals surface area contributed by atoms with E-state index in [0.717, 1.165) is 26.2 Å². The van der Waals surface area contributed by atoms with Crippen molar-refractivity contribution in [1.82, 2.24) is 5.32 Å². The van der Waals surface area contributed by atoms with E-state index in [0.29, 0.717) is 24.5 Å². The van der Waals surface area contributed by atoms with Gasteiger partial charge in [0.05, 0.1) is 6.61 Å². The minimum Gasteiger partial charge on any atom is -0.396 e. The quantitative estimate of drug-likeness (QED) is 0.674. The molecule has 1 aliphatic heterocycles. The molecule has 0 aliphatic carbocycles. The molecule has 1 rings (SSSR count). The van der Waals surface area contributed by atoms with Gasteiger partial charge in [-0.25, -0.2) is 0 Å². The van der Waals surface area contributed by atoms with E-state index in [1.165, 1.54) is 12.8 Å². The second-order valence-electron chi connectivity index (χ2n) is 4.66. The normalized spacial score (nSPS) is 25.4. The van der Waals surface area contributed by atoms with Gasteiger partial charge in [0.2, 0.25) is 0 Å². The first-order valence-electron chi connectivity index (χ1n) is 6.19. The summed E-state index contributed by atoms with van der Waals surface area (Å²) in [5.74, 6) is 1.25. The van der Waals surface area contributed by atoms with Crippen molar-refractivity contribution in [1.29, 1.82) is 0 Å². The number of nitrogens with one attached hydrogen (secondary N) is 1. The van der Waals surface area contributed by atoms with E-state index in [1.807, 2.05) is 0 Å². The van der Waals surface area contributed by atoms with Crippen LogP contribution in [0.15, 0.2) is 0 Å². The number of rotatable bonds is 7. The van der Waals surface area contributed by atoms with Crippen LogP contribution in [-0.4, -0.2) is 37.5 Å². The minimum atomic E-state index is 0.298. The van der Waals surface area contributed by atoms with Crippen molar-refractivity contribution >= 4 is 0 Å². The van der Waals surface area contributed by atoms with Crippen molar-refractivity contribution in [2.75, 3.05) is 26.4 Å². The van der Waals surface area contributed by atoms with E-state index in [2.05, 4.69) is 19.2 Å². The van der Waals surface area contributed by atoms with Crippen LogP contribution in [0.5, 0.6) is 0 Å². The van der Waals surface area contributed by atoms with Crippen LogP contribution in [0.25, 0.3) is 0 Å². The van der Waals surface area contributed by atoms with Gasteiger partial charge < -0.3 is 15.2 Å². The van der Waals surface area contributed by atoms with Crippen molar-refractivity contribution in [2.45, 2.75) is 39.2 Å². The maximum Gasteiger partial charge on any atom is 0.0509 e. The molecule has 2 N–H and O–H groups in total. The summed E-state index contributed by atoms with van der Waals surface area (Å²) in [6, 6.07) is 0.591. The molecule has 1 aliphatic rings. The molecule has 0 aromatic carbocycles. The van der Waals surface area contributed by atoms with E-state index in [4.69, 9.17) is 9.84 Å². The molecular formula is C12H25NO2. The SMILES string of the molecule is CCC(NCC(C)CCO)C1CCOC1. The largest absolute Gasteiger partial charge is 0.396 e. The van der Waals surface area contributed by atoms with Crippen molar-refractivity contribution in [3.8, 4) is 0 Å². The molecule has 1 fully saturated rings. The van der Waals surface area contributed by atoms with E-state index in [1.54, 1.807) is 0 Å². The first-order valence-corrected chi connectivity index (χ1v) is 6.19. The highest BCUT2D eigenvalue weighted by molar-refractivity contribution is 4.78. The Morgan fingerprint density at radius 2 is 2.33 bits per heavy atom. The molecule has 0 spiro atoms. The van der Waals surface area contributed by atoms with Crippen molar-refractivity contribution in [3.05, 3.63) is 0 Å². The maximum absolute atomic E-state index is 8.82. The molecule has 0 bridgehead atoms. The highest BCUT2D eigenvalue weighted by Crippen LogP contribution is 2.19. The minimum absolute atomic E-state index is 0.298. The molecule has 3 heteroatoms. The van der Waals surface area contributed by atoms with Gasteiger partial charge in [0.25, 0.3) is 0 Å². The molecule has 3 nitrogen and oxygen atoms in total. The Morgan fingerprint density at radius 3 is 2.87 bits per heavy atom. The summed E-state index contributed by atoms with van der Waals surface area (Å²) in [5.41, 5.74) is 0. The Balaban J connectivity index is 2.20. The Kier molecular flexibility index (Phi) is 6.22. The van der Waals surface area contributed by atoms with Crippen LogP contribution in [0.2, 0.25) is 0 Å². The number of aliphatic hydroxyl groups excluding tert-OH is 1. The van der Waals surface area contributed by atoms with Gasteiger partial charge in [-0.15, -0.1) is 0 Å². The molecule has 0 aromatic heterocycles. The Bertz CT molecular complexity index is 158. The summed E-state index contributed by atoms with van der Waals surface area (Å²) >= 11 is 0. The zero-order valence-corrected chi connectivity index (χ0v) is 10.0. The summed E-state index contributed by atoms with van der Waals surface area (Å²) in [6.45, 7) is 7.56. The van der Waals surface area contributed by atoms with Crippen LogP contribution < -0.4 is 5.32 Å². The second-order valence-corrected chi connectivity index (χ2v) is 4.66. The molecule has 0 amide bonds. The van der Waals surface area contributed by atoms with Crippen LogP contribution in [0.1, 0.15) is 33.1 Å². The molecule has 0 radical (unpaired) electrons. The molecule has 1 heterocycles. The van der Waals surface area contributed by atoms with Crippen LogP contribution in [0, 0.1) is 11.8 Å². The molecular weight excluding hydrogens is 190 g/mol. The Labute approximate surface area is 93.2 Å². The summed E-state index contributed by atoms with van der Waals surface area (Å²) in [4.78, 5) is 0. The average molecular weight is 215 g/mol. The van der Waals surface area contributed by atoms with Gasteiger partial charge in [0.1, 0.15) is 0 Å². The molecule has 3 atom stereocenters. The predicted molar refractivity (Wildman–Crippen MR) is 61.9 cm³/mol. The summed E-state index contributed by atoms with van der Waals surface area (Å²) < 4.78 is 5.41. The van der Waals surface area contributed by atoms with Crippen molar-refractivity contribution in [3.63, 3.8) is 0 Å². The average Bonchev–Trinajstić information content (AvgIpc) is 2.72. The van der Waals surface area contributed by atoms with Gasteiger partial charge in [0, 0.05) is 19.3 Å². The zero-order valence-electron chi connectivity index (χ0n) is 10.0. The standard InChI is InChI=1S/C12H25NO2/c1-3-12(11-5-7-15-9-11)13-8-10(2)4-6-14/h10-14H,3-9H2,1-2H3. The van der Waals surface area contributed by atoms with E-state index in [9.17, 15) is 0 Å². The second kappa shape index (κ2) is 7.20. The predicted octanol–water partition coefficient (Wildman–Crippen LogP) is 1.41. The number of aliphatic hydroxyl groups is 1. The summed E-state index contributed by atoms with van der Waals surface area (Å²) in [5, 5.41) is 12.4. The lowest BCUT2D eigenvalue weighted by molar-refractivity contribution is 0.174. The molecule has 0 aromatic rings. The van der Waals surface area contributed by atoms with Gasteiger partial charge in [-0.3, -0.25) is 0 Å². The molecule has 15 heavy (non-hydrogen) atoms. The van der Waals surface area contributed by atoms with Crippen LogP contribution >= 0.6 is 0 Å². The zero-order chi connectivity index (χ0) is 11.1. The highest BCUT2D eigenvalue weighted by Gasteiger charge is 2.24. The van der Waals surface area contributed by atoms with E-state index in [-0.39, 0.29) is 0 Å². The van der Waals surface area contributed by atoms with Crippen molar-refractivity contribution < 1.29 is 9.84 Å². The maximum atomic E-state index is 8.82. The first-order chi connectivity index (χ1) is 7.27. The molecule has 3 unspecified atom stereocenters. The van der Waals surface area contributed by atoms with Gasteiger partial charge in [-0.05, 0) is 37.6 Å². The van der Waals surface area contributed by atoms with E-state index >= 15 is 0 Å². The van der Waals surface area contributed by atoms with E-state index < -0.39 is 0 Å². The fourth-order valence-electron chi connectivity index (χ4n) is 2.19. The molecule has 90 valence electrons. The lowest BCUT2D eigenvalue weighted by atomic mass is 9.96. The Hall–Kier alpha value is -0.120.